The molecule has 32 heavy (non-hydrogen) atoms. The van der Waals surface area contributed by atoms with Crippen molar-refractivity contribution in [1.29, 1.82) is 0 Å². The van der Waals surface area contributed by atoms with E-state index in [0.29, 0.717) is 25.3 Å². The van der Waals surface area contributed by atoms with Crippen molar-refractivity contribution in [3.05, 3.63) is 88.3 Å². The minimum Gasteiger partial charge on any atom is -0.460 e. The lowest BCUT2D eigenvalue weighted by Crippen LogP contribution is -2.49. The van der Waals surface area contributed by atoms with E-state index >= 15 is 0 Å². The number of furan rings is 1. The van der Waals surface area contributed by atoms with Gasteiger partial charge in [-0.15, -0.1) is 0 Å². The molecule has 2 aromatic carbocycles. The van der Waals surface area contributed by atoms with E-state index in [9.17, 15) is 4.79 Å². The third-order valence-corrected chi connectivity index (χ3v) is 6.33. The zero-order valence-electron chi connectivity index (χ0n) is 18.3. The Morgan fingerprint density at radius 2 is 1.75 bits per heavy atom. The normalized spacial score (nSPS) is 14.3. The maximum atomic E-state index is 13.6. The molecule has 4 aromatic rings. The van der Waals surface area contributed by atoms with Crippen molar-refractivity contribution in [1.82, 2.24) is 9.47 Å². The average molecular weight is 448 g/mol. The highest BCUT2D eigenvalue weighted by Gasteiger charge is 2.26. The fourth-order valence-corrected chi connectivity index (χ4v) is 4.69. The van der Waals surface area contributed by atoms with Gasteiger partial charge in [-0.2, -0.15) is 0 Å². The Bertz CT molecular complexity index is 1280. The summed E-state index contributed by atoms with van der Waals surface area (Å²) in [5.74, 6) is 0.898. The van der Waals surface area contributed by atoms with Gasteiger partial charge in [-0.25, -0.2) is 0 Å². The first kappa shape index (κ1) is 20.7. The van der Waals surface area contributed by atoms with Gasteiger partial charge in [0.1, 0.15) is 11.5 Å². The van der Waals surface area contributed by atoms with Crippen molar-refractivity contribution >= 4 is 34.3 Å². The van der Waals surface area contributed by atoms with Crippen molar-refractivity contribution in [3.63, 3.8) is 0 Å². The summed E-state index contributed by atoms with van der Waals surface area (Å²) in [5, 5.41) is 0.729. The van der Waals surface area contributed by atoms with Crippen LogP contribution in [-0.4, -0.2) is 41.6 Å². The molecule has 3 heterocycles. The van der Waals surface area contributed by atoms with Crippen molar-refractivity contribution < 1.29 is 9.21 Å². The number of nitrogens with zero attached hydrogens (tertiary/aromatic N) is 3. The van der Waals surface area contributed by atoms with E-state index < -0.39 is 0 Å². The lowest BCUT2D eigenvalue weighted by molar-refractivity contribution is 0.0737. The molecule has 1 fully saturated rings. The summed E-state index contributed by atoms with van der Waals surface area (Å²) in [6.07, 6.45) is 0. The third-order valence-electron chi connectivity index (χ3n) is 6.10. The summed E-state index contributed by atoms with van der Waals surface area (Å²) in [4.78, 5) is 17.8. The second-order valence-electron chi connectivity index (χ2n) is 8.47. The highest BCUT2D eigenvalue weighted by atomic mass is 35.5. The molecule has 1 aliphatic rings. The van der Waals surface area contributed by atoms with Gasteiger partial charge < -0.3 is 18.8 Å². The van der Waals surface area contributed by atoms with Gasteiger partial charge in [-0.3, -0.25) is 4.79 Å². The van der Waals surface area contributed by atoms with Gasteiger partial charge in [0.05, 0.1) is 5.52 Å². The van der Waals surface area contributed by atoms with Crippen LogP contribution in [-0.2, 0) is 6.54 Å². The summed E-state index contributed by atoms with van der Waals surface area (Å²) in [5.41, 5.74) is 5.87. The van der Waals surface area contributed by atoms with E-state index in [1.807, 2.05) is 42.2 Å². The number of benzene rings is 2. The number of hydrogen-bond donors (Lipinski definition) is 0. The number of amides is 1. The van der Waals surface area contributed by atoms with Crippen LogP contribution in [0.25, 0.3) is 11.1 Å². The van der Waals surface area contributed by atoms with Crippen LogP contribution >= 0.6 is 11.6 Å². The molecule has 5 rings (SSSR count). The van der Waals surface area contributed by atoms with Gasteiger partial charge in [0.15, 0.2) is 5.58 Å². The molecule has 0 aliphatic carbocycles. The summed E-state index contributed by atoms with van der Waals surface area (Å²) in [7, 11) is 0. The van der Waals surface area contributed by atoms with Crippen LogP contribution in [0, 0.1) is 13.8 Å². The van der Waals surface area contributed by atoms with Crippen molar-refractivity contribution in [2.75, 3.05) is 31.1 Å². The molecule has 164 valence electrons. The van der Waals surface area contributed by atoms with Crippen molar-refractivity contribution in [2.45, 2.75) is 20.4 Å². The molecular weight excluding hydrogens is 422 g/mol. The molecule has 0 atom stereocenters. The number of piperazine rings is 1. The Kier molecular flexibility index (Phi) is 5.43. The van der Waals surface area contributed by atoms with Crippen molar-refractivity contribution in [3.8, 4) is 0 Å². The molecule has 2 aromatic heterocycles. The van der Waals surface area contributed by atoms with Crippen LogP contribution in [0.15, 0.2) is 65.1 Å². The molecule has 0 saturated carbocycles. The monoisotopic (exact) mass is 447 g/mol. The summed E-state index contributed by atoms with van der Waals surface area (Å²) >= 11 is 6.15. The summed E-state index contributed by atoms with van der Waals surface area (Å²) in [6.45, 7) is 7.55. The molecule has 0 radical (unpaired) electrons. The quantitative estimate of drug-likeness (QED) is 0.414. The number of aromatic nitrogens is 1. The molecule has 0 N–H and O–H groups in total. The smallest absolute Gasteiger partial charge is 0.270 e. The van der Waals surface area contributed by atoms with Crippen LogP contribution in [0.2, 0.25) is 5.02 Å². The SMILES string of the molecule is Cc1cccc(Cn2c(C(=O)N3CCN(c4cccc(Cl)c4)CC3)cc3oc(C)cc32)c1. The third kappa shape index (κ3) is 4.00. The number of hydrogen-bond acceptors (Lipinski definition) is 3. The van der Waals surface area contributed by atoms with E-state index in [4.69, 9.17) is 16.0 Å². The minimum absolute atomic E-state index is 0.0486. The fourth-order valence-electron chi connectivity index (χ4n) is 4.51. The summed E-state index contributed by atoms with van der Waals surface area (Å²) in [6, 6.07) is 20.2. The van der Waals surface area contributed by atoms with E-state index in [0.717, 1.165) is 40.7 Å². The largest absolute Gasteiger partial charge is 0.460 e. The van der Waals surface area contributed by atoms with Crippen LogP contribution in [0.1, 0.15) is 27.4 Å². The highest BCUT2D eigenvalue weighted by Crippen LogP contribution is 2.27. The van der Waals surface area contributed by atoms with Gasteiger partial charge in [-0.05, 0) is 37.6 Å². The number of carbonyl (C=O) groups is 1. The van der Waals surface area contributed by atoms with Crippen LogP contribution in [0.3, 0.4) is 0 Å². The number of carbonyl (C=O) groups excluding carboxylic acids is 1. The number of aryl methyl sites for hydroxylation is 2. The predicted molar refractivity (Wildman–Crippen MR) is 129 cm³/mol. The predicted octanol–water partition coefficient (Wildman–Crippen LogP) is 5.52. The fraction of sp³-hybridized carbons (Fsp3) is 0.269. The average Bonchev–Trinajstić information content (AvgIpc) is 3.30. The zero-order chi connectivity index (χ0) is 22.2. The van der Waals surface area contributed by atoms with Gasteiger partial charge >= 0.3 is 0 Å². The van der Waals surface area contributed by atoms with E-state index in [1.54, 1.807) is 0 Å². The van der Waals surface area contributed by atoms with Gasteiger partial charge in [0, 0.05) is 55.6 Å². The standard InChI is InChI=1S/C26H26ClN3O2/c1-18-5-3-6-20(13-18)17-30-23-14-19(2)32-25(23)16-24(30)26(31)29-11-9-28(10-12-29)22-8-4-7-21(27)15-22/h3-8,13-16H,9-12,17H2,1-2H3. The van der Waals surface area contributed by atoms with Crippen LogP contribution < -0.4 is 4.90 Å². The molecule has 5 nitrogen and oxygen atoms in total. The molecule has 0 bridgehead atoms. The van der Waals surface area contributed by atoms with E-state index in [1.165, 1.54) is 11.1 Å². The highest BCUT2D eigenvalue weighted by molar-refractivity contribution is 6.30. The Hall–Kier alpha value is -3.18. The number of rotatable bonds is 4. The summed E-state index contributed by atoms with van der Waals surface area (Å²) < 4.78 is 7.95. The van der Waals surface area contributed by atoms with E-state index in [-0.39, 0.29) is 5.91 Å². The molecule has 1 aliphatic heterocycles. The maximum absolute atomic E-state index is 13.6. The molecule has 1 saturated heterocycles. The first-order valence-electron chi connectivity index (χ1n) is 10.9. The van der Waals surface area contributed by atoms with Crippen molar-refractivity contribution in [2.24, 2.45) is 0 Å². The Labute approximate surface area is 192 Å². The topological polar surface area (TPSA) is 41.6 Å². The maximum Gasteiger partial charge on any atom is 0.270 e. The molecule has 1 amide bonds. The van der Waals surface area contributed by atoms with Gasteiger partial charge in [-0.1, -0.05) is 47.5 Å². The van der Waals surface area contributed by atoms with Crippen LogP contribution in [0.5, 0.6) is 0 Å². The first-order chi connectivity index (χ1) is 15.5. The lowest BCUT2D eigenvalue weighted by atomic mass is 10.1. The number of anilines is 1. The lowest BCUT2D eigenvalue weighted by Gasteiger charge is -2.36. The number of halogens is 1. The molecular formula is C26H26ClN3O2. The van der Waals surface area contributed by atoms with Crippen LogP contribution in [0.4, 0.5) is 5.69 Å². The second-order valence-corrected chi connectivity index (χ2v) is 8.91. The first-order valence-corrected chi connectivity index (χ1v) is 11.3. The molecule has 0 unspecified atom stereocenters. The van der Waals surface area contributed by atoms with Gasteiger partial charge in [0.2, 0.25) is 0 Å². The zero-order valence-corrected chi connectivity index (χ0v) is 19.1. The Morgan fingerprint density at radius 3 is 2.50 bits per heavy atom. The minimum atomic E-state index is 0.0486. The van der Waals surface area contributed by atoms with E-state index in [2.05, 4.69) is 46.7 Å². The molecule has 6 heteroatoms. The number of fused-ring (bicyclic) bond motifs is 1. The Morgan fingerprint density at radius 1 is 0.969 bits per heavy atom. The molecule has 0 spiro atoms. The second kappa shape index (κ2) is 8.40. The van der Waals surface area contributed by atoms with Gasteiger partial charge in [0.25, 0.3) is 5.91 Å². The Balaban J connectivity index is 1.39.